The number of piperidine rings is 1. The molecule has 0 bridgehead atoms. The van der Waals surface area contributed by atoms with E-state index < -0.39 is 9.84 Å². The van der Waals surface area contributed by atoms with Gasteiger partial charge in [-0.25, -0.2) is 8.42 Å². The summed E-state index contributed by atoms with van der Waals surface area (Å²) in [4.78, 5) is 2.12. The average molecular weight is 234 g/mol. The van der Waals surface area contributed by atoms with Gasteiger partial charge in [0.2, 0.25) is 0 Å². The Morgan fingerprint density at radius 1 is 1.47 bits per heavy atom. The monoisotopic (exact) mass is 234 g/mol. The first-order valence-corrected chi connectivity index (χ1v) is 7.60. The zero-order valence-corrected chi connectivity index (χ0v) is 10.5. The number of rotatable bonds is 5. The highest BCUT2D eigenvalue weighted by Gasteiger charge is 2.15. The average Bonchev–Trinajstić information content (AvgIpc) is 2.15. The Labute approximate surface area is 93.0 Å². The molecule has 0 aliphatic carbocycles. The van der Waals surface area contributed by atoms with Crippen LogP contribution in [0.1, 0.15) is 12.8 Å². The van der Waals surface area contributed by atoms with E-state index >= 15 is 0 Å². The van der Waals surface area contributed by atoms with E-state index in [1.54, 1.807) is 0 Å². The molecule has 1 aliphatic heterocycles. The number of hydrogen-bond acceptors (Lipinski definition) is 4. The quantitative estimate of drug-likeness (QED) is 0.725. The van der Waals surface area contributed by atoms with Crippen molar-refractivity contribution in [3.8, 4) is 0 Å². The van der Waals surface area contributed by atoms with Crippen molar-refractivity contribution in [2.24, 2.45) is 5.92 Å². The molecular formula is C10H22N2O2S. The minimum absolute atomic E-state index is 0.268. The lowest BCUT2D eigenvalue weighted by atomic mass is 9.99. The maximum atomic E-state index is 11.0. The Kier molecular flexibility index (Phi) is 5.02. The molecule has 1 aliphatic rings. The molecule has 0 aromatic carbocycles. The summed E-state index contributed by atoms with van der Waals surface area (Å²) < 4.78 is 22.0. The highest BCUT2D eigenvalue weighted by atomic mass is 32.2. The van der Waals surface area contributed by atoms with Crippen molar-refractivity contribution in [3.05, 3.63) is 0 Å². The van der Waals surface area contributed by atoms with Crippen molar-refractivity contribution in [3.63, 3.8) is 0 Å². The van der Waals surface area contributed by atoms with Crippen LogP contribution in [0.15, 0.2) is 0 Å². The van der Waals surface area contributed by atoms with E-state index in [1.165, 1.54) is 19.1 Å². The van der Waals surface area contributed by atoms with Crippen LogP contribution in [0, 0.1) is 5.92 Å². The summed E-state index contributed by atoms with van der Waals surface area (Å²) >= 11 is 0. The fraction of sp³-hybridized carbons (Fsp3) is 1.00. The largest absolute Gasteiger partial charge is 0.316 e. The second-order valence-corrected chi connectivity index (χ2v) is 6.86. The van der Waals surface area contributed by atoms with E-state index in [0.29, 0.717) is 12.5 Å². The molecule has 1 N–H and O–H groups in total. The second kappa shape index (κ2) is 5.82. The van der Waals surface area contributed by atoms with Crippen LogP contribution < -0.4 is 5.32 Å². The first-order valence-electron chi connectivity index (χ1n) is 5.54. The summed E-state index contributed by atoms with van der Waals surface area (Å²) in [6, 6.07) is 0. The van der Waals surface area contributed by atoms with Gasteiger partial charge in [0.05, 0.1) is 5.75 Å². The molecule has 1 heterocycles. The van der Waals surface area contributed by atoms with Gasteiger partial charge in [-0.05, 0) is 38.9 Å². The molecule has 0 aromatic heterocycles. The Morgan fingerprint density at radius 2 is 2.20 bits per heavy atom. The van der Waals surface area contributed by atoms with Crippen LogP contribution >= 0.6 is 0 Å². The van der Waals surface area contributed by atoms with Crippen molar-refractivity contribution in [2.45, 2.75) is 12.8 Å². The second-order valence-electron chi connectivity index (χ2n) is 4.60. The Bertz CT molecular complexity index is 271. The van der Waals surface area contributed by atoms with E-state index in [0.717, 1.165) is 19.6 Å². The summed E-state index contributed by atoms with van der Waals surface area (Å²) in [6.45, 7) is 3.85. The maximum absolute atomic E-state index is 11.0. The summed E-state index contributed by atoms with van der Waals surface area (Å²) in [6.07, 6.45) is 3.80. The predicted octanol–water partition coefficient (Wildman–Crippen LogP) is -0.0376. The lowest BCUT2D eigenvalue weighted by Crippen LogP contribution is -2.38. The van der Waals surface area contributed by atoms with Crippen molar-refractivity contribution in [2.75, 3.05) is 45.2 Å². The lowest BCUT2D eigenvalue weighted by Gasteiger charge is -2.27. The normalized spacial score (nSPS) is 23.3. The van der Waals surface area contributed by atoms with Gasteiger partial charge in [-0.2, -0.15) is 0 Å². The van der Waals surface area contributed by atoms with Gasteiger partial charge in [-0.15, -0.1) is 0 Å². The summed E-state index contributed by atoms with van der Waals surface area (Å²) in [7, 11) is -0.818. The predicted molar refractivity (Wildman–Crippen MR) is 62.8 cm³/mol. The topological polar surface area (TPSA) is 49.4 Å². The lowest BCUT2D eigenvalue weighted by molar-refractivity contribution is 0.252. The van der Waals surface area contributed by atoms with Crippen LogP contribution in [0.3, 0.4) is 0 Å². The third kappa shape index (κ3) is 6.12. The molecule has 0 aromatic rings. The van der Waals surface area contributed by atoms with E-state index in [2.05, 4.69) is 10.2 Å². The first-order chi connectivity index (χ1) is 6.97. The van der Waals surface area contributed by atoms with Crippen LogP contribution in [0.5, 0.6) is 0 Å². The zero-order valence-electron chi connectivity index (χ0n) is 9.70. The van der Waals surface area contributed by atoms with Crippen LogP contribution in [0.2, 0.25) is 0 Å². The maximum Gasteiger partial charge on any atom is 0.148 e. The number of nitrogens with one attached hydrogen (secondary N) is 1. The van der Waals surface area contributed by atoms with E-state index in [1.807, 2.05) is 7.05 Å². The van der Waals surface area contributed by atoms with Gasteiger partial charge in [0.15, 0.2) is 0 Å². The van der Waals surface area contributed by atoms with E-state index in [9.17, 15) is 8.42 Å². The van der Waals surface area contributed by atoms with Gasteiger partial charge < -0.3 is 10.2 Å². The number of nitrogens with zero attached hydrogens (tertiary/aromatic N) is 1. The third-order valence-electron chi connectivity index (χ3n) is 2.81. The van der Waals surface area contributed by atoms with Gasteiger partial charge in [0.1, 0.15) is 9.84 Å². The van der Waals surface area contributed by atoms with Gasteiger partial charge >= 0.3 is 0 Å². The van der Waals surface area contributed by atoms with E-state index in [-0.39, 0.29) is 5.75 Å². The van der Waals surface area contributed by atoms with Gasteiger partial charge in [0.25, 0.3) is 0 Å². The van der Waals surface area contributed by atoms with E-state index in [4.69, 9.17) is 0 Å². The fourth-order valence-corrected chi connectivity index (χ4v) is 2.58. The molecule has 1 rings (SSSR count). The highest BCUT2D eigenvalue weighted by molar-refractivity contribution is 7.90. The van der Waals surface area contributed by atoms with Crippen LogP contribution in [-0.2, 0) is 9.84 Å². The molecule has 4 nitrogen and oxygen atoms in total. The van der Waals surface area contributed by atoms with Gasteiger partial charge in [0, 0.05) is 19.3 Å². The molecule has 90 valence electrons. The molecule has 15 heavy (non-hydrogen) atoms. The molecule has 0 saturated carbocycles. The zero-order chi connectivity index (χ0) is 11.3. The molecular weight excluding hydrogens is 212 g/mol. The molecule has 5 heteroatoms. The standard InChI is InChI=1S/C10H22N2O2S/c1-12(6-7-15(2,13)14)9-10-4-3-5-11-8-10/h10-11H,3-9H2,1-2H3. The van der Waals surface area contributed by atoms with Crippen LogP contribution in [0.4, 0.5) is 0 Å². The third-order valence-corrected chi connectivity index (χ3v) is 3.74. The summed E-state index contributed by atoms with van der Waals surface area (Å²) in [5.74, 6) is 0.951. The molecule has 0 radical (unpaired) electrons. The first kappa shape index (κ1) is 12.9. The molecule has 1 unspecified atom stereocenters. The Morgan fingerprint density at radius 3 is 2.73 bits per heavy atom. The smallest absolute Gasteiger partial charge is 0.148 e. The van der Waals surface area contributed by atoms with Crippen molar-refractivity contribution < 1.29 is 8.42 Å². The number of hydrogen-bond donors (Lipinski definition) is 1. The molecule has 1 atom stereocenters. The Hall–Kier alpha value is -0.130. The Balaban J connectivity index is 2.20. The highest BCUT2D eigenvalue weighted by Crippen LogP contribution is 2.10. The van der Waals surface area contributed by atoms with Crippen molar-refractivity contribution in [1.29, 1.82) is 0 Å². The number of sulfone groups is 1. The molecule has 0 spiro atoms. The minimum Gasteiger partial charge on any atom is -0.316 e. The molecule has 0 amide bonds. The molecule has 1 saturated heterocycles. The van der Waals surface area contributed by atoms with Gasteiger partial charge in [-0.1, -0.05) is 0 Å². The summed E-state index contributed by atoms with van der Waals surface area (Å²) in [5.41, 5.74) is 0. The summed E-state index contributed by atoms with van der Waals surface area (Å²) in [5, 5.41) is 3.37. The van der Waals surface area contributed by atoms with Gasteiger partial charge in [-0.3, -0.25) is 0 Å². The minimum atomic E-state index is -2.82. The van der Waals surface area contributed by atoms with Crippen LogP contribution in [0.25, 0.3) is 0 Å². The fourth-order valence-electron chi connectivity index (χ4n) is 1.93. The SMILES string of the molecule is CN(CCS(C)(=O)=O)CC1CCCNC1. The molecule has 1 fully saturated rings. The van der Waals surface area contributed by atoms with Crippen molar-refractivity contribution >= 4 is 9.84 Å². The van der Waals surface area contributed by atoms with Crippen LogP contribution in [-0.4, -0.2) is 58.6 Å². The van der Waals surface area contributed by atoms with Crippen molar-refractivity contribution in [1.82, 2.24) is 10.2 Å².